The van der Waals surface area contributed by atoms with E-state index in [0.717, 1.165) is 12.8 Å². The maximum Gasteiger partial charge on any atom is 0.326 e. The first kappa shape index (κ1) is 15.4. The topological polar surface area (TPSA) is 66.8 Å². The average molecular weight is 291 g/mol. The maximum atomic E-state index is 12.5. The third-order valence-corrected chi connectivity index (χ3v) is 3.52. The summed E-state index contributed by atoms with van der Waals surface area (Å²) in [5, 5.41) is 9.23. The Labute approximate surface area is 124 Å². The summed E-state index contributed by atoms with van der Waals surface area (Å²) in [4.78, 5) is 25.2. The van der Waals surface area contributed by atoms with E-state index >= 15 is 0 Å². The fourth-order valence-corrected chi connectivity index (χ4v) is 2.55. The van der Waals surface area contributed by atoms with Crippen molar-refractivity contribution in [2.24, 2.45) is 0 Å². The summed E-state index contributed by atoms with van der Waals surface area (Å²) >= 11 is 0. The molecule has 0 aromatic heterocycles. The average Bonchev–Trinajstić information content (AvgIpc) is 2.46. The Morgan fingerprint density at radius 1 is 1.24 bits per heavy atom. The molecule has 0 spiro atoms. The molecule has 114 valence electrons. The van der Waals surface area contributed by atoms with Crippen molar-refractivity contribution < 1.29 is 19.4 Å². The summed E-state index contributed by atoms with van der Waals surface area (Å²) < 4.78 is 5.53. The van der Waals surface area contributed by atoms with Gasteiger partial charge in [0.2, 0.25) is 0 Å². The molecule has 0 aliphatic carbocycles. The number of hydrogen-bond donors (Lipinski definition) is 1. The fraction of sp³-hybridized carbons (Fsp3) is 0.500. The minimum absolute atomic E-state index is 0.0741. The van der Waals surface area contributed by atoms with Crippen LogP contribution >= 0.6 is 0 Å². The predicted molar refractivity (Wildman–Crippen MR) is 78.5 cm³/mol. The molecular weight excluding hydrogens is 270 g/mol. The Morgan fingerprint density at radius 2 is 1.90 bits per heavy atom. The monoisotopic (exact) mass is 291 g/mol. The smallest absolute Gasteiger partial charge is 0.326 e. The van der Waals surface area contributed by atoms with Crippen LogP contribution in [0.2, 0.25) is 0 Å². The molecule has 1 saturated heterocycles. The number of rotatable bonds is 4. The van der Waals surface area contributed by atoms with E-state index in [9.17, 15) is 14.7 Å². The van der Waals surface area contributed by atoms with E-state index in [1.807, 2.05) is 13.8 Å². The minimum Gasteiger partial charge on any atom is -0.491 e. The quantitative estimate of drug-likeness (QED) is 0.925. The lowest BCUT2D eigenvalue weighted by molar-refractivity contribution is -0.143. The lowest BCUT2D eigenvalue weighted by Gasteiger charge is -2.33. The van der Waals surface area contributed by atoms with Crippen LogP contribution in [0.15, 0.2) is 24.3 Å². The molecule has 1 atom stereocenters. The summed E-state index contributed by atoms with van der Waals surface area (Å²) in [6.45, 7) is 4.37. The van der Waals surface area contributed by atoms with E-state index in [0.29, 0.717) is 24.3 Å². The molecule has 1 aromatic rings. The van der Waals surface area contributed by atoms with Crippen molar-refractivity contribution in [2.75, 3.05) is 6.54 Å². The van der Waals surface area contributed by atoms with Crippen molar-refractivity contribution in [2.45, 2.75) is 45.3 Å². The van der Waals surface area contributed by atoms with Gasteiger partial charge in [-0.1, -0.05) is 0 Å². The molecule has 1 unspecified atom stereocenters. The Kier molecular flexibility index (Phi) is 4.83. The van der Waals surface area contributed by atoms with Crippen LogP contribution < -0.4 is 4.74 Å². The van der Waals surface area contributed by atoms with Gasteiger partial charge in [0.15, 0.2) is 0 Å². The van der Waals surface area contributed by atoms with Crippen LogP contribution in [0.3, 0.4) is 0 Å². The first-order chi connectivity index (χ1) is 9.99. The van der Waals surface area contributed by atoms with Crippen molar-refractivity contribution in [3.8, 4) is 5.75 Å². The molecule has 0 radical (unpaired) electrons. The lowest BCUT2D eigenvalue weighted by Crippen LogP contribution is -2.47. The Bertz CT molecular complexity index is 510. The normalized spacial score (nSPS) is 18.6. The number of carbonyl (C=O) groups is 2. The highest BCUT2D eigenvalue weighted by molar-refractivity contribution is 5.96. The van der Waals surface area contributed by atoms with Gasteiger partial charge in [0.25, 0.3) is 5.91 Å². The van der Waals surface area contributed by atoms with Gasteiger partial charge >= 0.3 is 5.97 Å². The van der Waals surface area contributed by atoms with Crippen LogP contribution in [0.5, 0.6) is 5.75 Å². The standard InChI is InChI=1S/C16H21NO4/c1-11(2)21-13-8-6-12(7-9-13)15(18)17-10-4-3-5-14(17)16(19)20/h6-9,11,14H,3-5,10H2,1-2H3,(H,19,20). The SMILES string of the molecule is CC(C)Oc1ccc(C(=O)N2CCCCC2C(=O)O)cc1. The van der Waals surface area contributed by atoms with E-state index < -0.39 is 12.0 Å². The molecule has 2 rings (SSSR count). The molecule has 0 saturated carbocycles. The number of amides is 1. The summed E-state index contributed by atoms with van der Waals surface area (Å²) in [5.41, 5.74) is 0.499. The molecule has 5 heteroatoms. The van der Waals surface area contributed by atoms with Crippen molar-refractivity contribution in [1.82, 2.24) is 4.90 Å². The molecule has 1 N–H and O–H groups in total. The molecule has 0 bridgehead atoms. The molecule has 1 heterocycles. The van der Waals surface area contributed by atoms with Gasteiger partial charge in [0.05, 0.1) is 6.10 Å². The van der Waals surface area contributed by atoms with Gasteiger partial charge < -0.3 is 14.7 Å². The molecule has 1 fully saturated rings. The predicted octanol–water partition coefficient (Wildman–Crippen LogP) is 2.55. The van der Waals surface area contributed by atoms with Crippen LogP contribution in [0.1, 0.15) is 43.5 Å². The molecule has 1 aliphatic heterocycles. The second-order valence-electron chi connectivity index (χ2n) is 5.54. The van der Waals surface area contributed by atoms with Crippen LogP contribution in [-0.4, -0.2) is 40.6 Å². The van der Waals surface area contributed by atoms with E-state index in [2.05, 4.69) is 0 Å². The summed E-state index contributed by atoms with van der Waals surface area (Å²) in [6.07, 6.45) is 2.30. The lowest BCUT2D eigenvalue weighted by atomic mass is 10.0. The number of ether oxygens (including phenoxy) is 1. The van der Waals surface area contributed by atoms with Crippen molar-refractivity contribution in [3.05, 3.63) is 29.8 Å². The fourth-order valence-electron chi connectivity index (χ4n) is 2.55. The zero-order chi connectivity index (χ0) is 15.4. The van der Waals surface area contributed by atoms with Gasteiger partial charge in [-0.15, -0.1) is 0 Å². The summed E-state index contributed by atoms with van der Waals surface area (Å²) in [7, 11) is 0. The third kappa shape index (κ3) is 3.74. The van der Waals surface area contributed by atoms with Crippen LogP contribution in [0, 0.1) is 0 Å². The molecular formula is C16H21NO4. The van der Waals surface area contributed by atoms with Gasteiger partial charge in [-0.05, 0) is 57.4 Å². The molecule has 1 aliphatic rings. The highest BCUT2D eigenvalue weighted by atomic mass is 16.5. The highest BCUT2D eigenvalue weighted by Crippen LogP contribution is 2.21. The highest BCUT2D eigenvalue weighted by Gasteiger charge is 2.32. The van der Waals surface area contributed by atoms with Gasteiger partial charge in [-0.25, -0.2) is 4.79 Å². The van der Waals surface area contributed by atoms with Crippen LogP contribution in [-0.2, 0) is 4.79 Å². The molecule has 5 nitrogen and oxygen atoms in total. The third-order valence-electron chi connectivity index (χ3n) is 3.52. The van der Waals surface area contributed by atoms with Gasteiger partial charge in [0.1, 0.15) is 11.8 Å². The molecule has 1 aromatic carbocycles. The van der Waals surface area contributed by atoms with Crippen LogP contribution in [0.25, 0.3) is 0 Å². The Hall–Kier alpha value is -2.04. The zero-order valence-corrected chi connectivity index (χ0v) is 12.4. The number of piperidine rings is 1. The first-order valence-electron chi connectivity index (χ1n) is 7.29. The van der Waals surface area contributed by atoms with Gasteiger partial charge in [-0.2, -0.15) is 0 Å². The number of carbonyl (C=O) groups excluding carboxylic acids is 1. The van der Waals surface area contributed by atoms with E-state index in [4.69, 9.17) is 4.74 Å². The summed E-state index contributed by atoms with van der Waals surface area (Å²) in [5.74, 6) is -0.448. The summed E-state index contributed by atoms with van der Waals surface area (Å²) in [6, 6.07) is 6.15. The maximum absolute atomic E-state index is 12.5. The van der Waals surface area contributed by atoms with Crippen LogP contribution in [0.4, 0.5) is 0 Å². The Morgan fingerprint density at radius 3 is 2.48 bits per heavy atom. The second kappa shape index (κ2) is 6.61. The number of aliphatic carboxylic acids is 1. The molecule has 21 heavy (non-hydrogen) atoms. The molecule has 1 amide bonds. The van der Waals surface area contributed by atoms with E-state index in [1.165, 1.54) is 4.90 Å². The number of benzene rings is 1. The number of carboxylic acid groups (broad SMARTS) is 1. The van der Waals surface area contributed by atoms with Crippen molar-refractivity contribution in [1.29, 1.82) is 0 Å². The van der Waals surface area contributed by atoms with Crippen molar-refractivity contribution in [3.63, 3.8) is 0 Å². The number of nitrogens with zero attached hydrogens (tertiary/aromatic N) is 1. The van der Waals surface area contributed by atoms with E-state index in [-0.39, 0.29) is 12.0 Å². The van der Waals surface area contributed by atoms with Gasteiger partial charge in [-0.3, -0.25) is 4.79 Å². The van der Waals surface area contributed by atoms with Gasteiger partial charge in [0, 0.05) is 12.1 Å². The Balaban J connectivity index is 2.12. The number of carboxylic acids is 1. The minimum atomic E-state index is -0.928. The number of likely N-dealkylation sites (tertiary alicyclic amines) is 1. The van der Waals surface area contributed by atoms with Crippen molar-refractivity contribution >= 4 is 11.9 Å². The largest absolute Gasteiger partial charge is 0.491 e. The second-order valence-corrected chi connectivity index (χ2v) is 5.54. The number of hydrogen-bond acceptors (Lipinski definition) is 3. The first-order valence-corrected chi connectivity index (χ1v) is 7.29. The van der Waals surface area contributed by atoms with E-state index in [1.54, 1.807) is 24.3 Å². The zero-order valence-electron chi connectivity index (χ0n) is 12.4.